The molecule has 2 aromatic carbocycles. The monoisotopic (exact) mass is 487 g/mol. The van der Waals surface area contributed by atoms with Gasteiger partial charge in [0.1, 0.15) is 5.82 Å². The first-order valence-corrected chi connectivity index (χ1v) is 8.63. The molecular formula is C20H27FIN3O2. The maximum atomic E-state index is 13.0. The van der Waals surface area contributed by atoms with Crippen LogP contribution in [-0.4, -0.2) is 43.2 Å². The SMILES string of the molecule is CCNC(=NCCc1cccc(OC)c1O)N(C)Cc1ccc(F)cc1.I. The van der Waals surface area contributed by atoms with E-state index < -0.39 is 0 Å². The number of halogens is 2. The Bertz CT molecular complexity index is 739. The van der Waals surface area contributed by atoms with E-state index in [1.165, 1.54) is 19.2 Å². The van der Waals surface area contributed by atoms with E-state index in [0.29, 0.717) is 25.3 Å². The quantitative estimate of drug-likeness (QED) is 0.355. The van der Waals surface area contributed by atoms with Gasteiger partial charge in [-0.05, 0) is 42.7 Å². The number of para-hydroxylation sites is 1. The van der Waals surface area contributed by atoms with Crippen molar-refractivity contribution < 1.29 is 14.2 Å². The lowest BCUT2D eigenvalue weighted by atomic mass is 10.1. The maximum absolute atomic E-state index is 13.0. The van der Waals surface area contributed by atoms with Crippen molar-refractivity contribution in [3.63, 3.8) is 0 Å². The summed E-state index contributed by atoms with van der Waals surface area (Å²) in [6, 6.07) is 11.9. The maximum Gasteiger partial charge on any atom is 0.193 e. The first-order valence-electron chi connectivity index (χ1n) is 8.63. The molecule has 2 rings (SSSR count). The van der Waals surface area contributed by atoms with E-state index >= 15 is 0 Å². The lowest BCUT2D eigenvalue weighted by Gasteiger charge is -2.22. The molecule has 5 nitrogen and oxygen atoms in total. The highest BCUT2D eigenvalue weighted by molar-refractivity contribution is 14.0. The number of aliphatic imine (C=N–C) groups is 1. The van der Waals surface area contributed by atoms with Crippen LogP contribution in [0.15, 0.2) is 47.5 Å². The van der Waals surface area contributed by atoms with Crippen LogP contribution in [0.3, 0.4) is 0 Å². The fourth-order valence-electron chi connectivity index (χ4n) is 2.62. The summed E-state index contributed by atoms with van der Waals surface area (Å²) in [6.07, 6.45) is 0.600. The van der Waals surface area contributed by atoms with Crippen LogP contribution in [0.25, 0.3) is 0 Å². The summed E-state index contributed by atoms with van der Waals surface area (Å²) in [7, 11) is 3.47. The molecule has 0 atom stereocenters. The molecule has 0 heterocycles. The van der Waals surface area contributed by atoms with Crippen LogP contribution in [0, 0.1) is 5.82 Å². The van der Waals surface area contributed by atoms with Gasteiger partial charge in [-0.1, -0.05) is 24.3 Å². The molecule has 0 aliphatic rings. The zero-order valence-corrected chi connectivity index (χ0v) is 18.2. The number of nitrogens with one attached hydrogen (secondary N) is 1. The van der Waals surface area contributed by atoms with Gasteiger partial charge in [-0.25, -0.2) is 4.39 Å². The summed E-state index contributed by atoms with van der Waals surface area (Å²) in [4.78, 5) is 6.61. The number of hydrogen-bond acceptors (Lipinski definition) is 3. The number of guanidine groups is 1. The predicted molar refractivity (Wildman–Crippen MR) is 118 cm³/mol. The average molecular weight is 487 g/mol. The Morgan fingerprint density at radius 2 is 1.93 bits per heavy atom. The minimum absolute atomic E-state index is 0. The Labute approximate surface area is 177 Å². The highest BCUT2D eigenvalue weighted by atomic mass is 127. The highest BCUT2D eigenvalue weighted by Crippen LogP contribution is 2.29. The van der Waals surface area contributed by atoms with Crippen molar-refractivity contribution in [2.75, 3.05) is 27.2 Å². The topological polar surface area (TPSA) is 57.1 Å². The van der Waals surface area contributed by atoms with Gasteiger partial charge >= 0.3 is 0 Å². The van der Waals surface area contributed by atoms with E-state index in [2.05, 4.69) is 10.3 Å². The Balaban J connectivity index is 0.00000364. The molecule has 2 N–H and O–H groups in total. The molecule has 0 unspecified atom stereocenters. The van der Waals surface area contributed by atoms with Crippen molar-refractivity contribution in [2.24, 2.45) is 4.99 Å². The van der Waals surface area contributed by atoms with E-state index in [1.807, 2.05) is 31.0 Å². The minimum atomic E-state index is -0.241. The average Bonchev–Trinajstić information content (AvgIpc) is 2.64. The second kappa shape index (κ2) is 11.6. The standard InChI is InChI=1S/C20H26FN3O2.HI/c1-4-22-20(24(2)14-15-8-10-17(21)11-9-15)23-13-12-16-6-5-7-18(26-3)19(16)25;/h5-11,25H,4,12-14H2,1-3H3,(H,22,23);1H. The molecule has 0 aromatic heterocycles. The van der Waals surface area contributed by atoms with Gasteiger partial charge in [0.15, 0.2) is 17.5 Å². The number of phenolic OH excluding ortho intramolecular Hbond substituents is 1. The molecule has 148 valence electrons. The Hall–Kier alpha value is -2.03. The number of ether oxygens (including phenoxy) is 1. The Kier molecular flexibility index (Phi) is 9.92. The molecule has 0 spiro atoms. The second-order valence-electron chi connectivity index (χ2n) is 5.94. The summed E-state index contributed by atoms with van der Waals surface area (Å²) < 4.78 is 18.2. The van der Waals surface area contributed by atoms with Gasteiger partial charge < -0.3 is 20.1 Å². The third kappa shape index (κ3) is 6.89. The summed E-state index contributed by atoms with van der Waals surface area (Å²) in [5.41, 5.74) is 1.80. The minimum Gasteiger partial charge on any atom is -0.504 e. The van der Waals surface area contributed by atoms with Crippen molar-refractivity contribution in [3.8, 4) is 11.5 Å². The van der Waals surface area contributed by atoms with E-state index in [9.17, 15) is 9.50 Å². The number of hydrogen-bond donors (Lipinski definition) is 2. The van der Waals surface area contributed by atoms with E-state index in [0.717, 1.165) is 23.6 Å². The van der Waals surface area contributed by atoms with Crippen LogP contribution < -0.4 is 10.1 Å². The number of nitrogens with zero attached hydrogens (tertiary/aromatic N) is 2. The van der Waals surface area contributed by atoms with Crippen LogP contribution in [0.2, 0.25) is 0 Å². The van der Waals surface area contributed by atoms with E-state index in [1.54, 1.807) is 18.2 Å². The Morgan fingerprint density at radius 3 is 2.56 bits per heavy atom. The number of rotatable bonds is 7. The van der Waals surface area contributed by atoms with Crippen molar-refractivity contribution in [1.29, 1.82) is 0 Å². The number of aromatic hydroxyl groups is 1. The fraction of sp³-hybridized carbons (Fsp3) is 0.350. The van der Waals surface area contributed by atoms with Crippen LogP contribution in [0.4, 0.5) is 4.39 Å². The van der Waals surface area contributed by atoms with Crippen molar-refractivity contribution in [1.82, 2.24) is 10.2 Å². The molecule has 0 bridgehead atoms. The number of methoxy groups -OCH3 is 1. The molecule has 0 saturated heterocycles. The van der Waals surface area contributed by atoms with Crippen LogP contribution in [0.5, 0.6) is 11.5 Å². The van der Waals surface area contributed by atoms with Gasteiger partial charge in [0.2, 0.25) is 0 Å². The first-order chi connectivity index (χ1) is 12.5. The smallest absolute Gasteiger partial charge is 0.193 e. The molecule has 0 aliphatic heterocycles. The van der Waals surface area contributed by atoms with Gasteiger partial charge in [-0.15, -0.1) is 24.0 Å². The lowest BCUT2D eigenvalue weighted by Crippen LogP contribution is -2.38. The molecule has 27 heavy (non-hydrogen) atoms. The van der Waals surface area contributed by atoms with Gasteiger partial charge in [0.25, 0.3) is 0 Å². The summed E-state index contributed by atoms with van der Waals surface area (Å²) in [6.45, 7) is 3.90. The van der Waals surface area contributed by atoms with E-state index in [4.69, 9.17) is 4.74 Å². The van der Waals surface area contributed by atoms with Crippen LogP contribution in [0.1, 0.15) is 18.1 Å². The van der Waals surface area contributed by atoms with Gasteiger partial charge in [0, 0.05) is 26.7 Å². The second-order valence-corrected chi connectivity index (χ2v) is 5.94. The van der Waals surface area contributed by atoms with Gasteiger partial charge in [0.05, 0.1) is 7.11 Å². The van der Waals surface area contributed by atoms with Crippen molar-refractivity contribution in [2.45, 2.75) is 19.9 Å². The first kappa shape index (κ1) is 23.0. The van der Waals surface area contributed by atoms with E-state index in [-0.39, 0.29) is 35.5 Å². The van der Waals surface area contributed by atoms with Crippen molar-refractivity contribution >= 4 is 29.9 Å². The van der Waals surface area contributed by atoms with Gasteiger partial charge in [-0.3, -0.25) is 4.99 Å². The normalized spacial score (nSPS) is 10.9. The molecule has 0 aliphatic carbocycles. The van der Waals surface area contributed by atoms with Crippen LogP contribution >= 0.6 is 24.0 Å². The third-order valence-corrected chi connectivity index (χ3v) is 3.97. The third-order valence-electron chi connectivity index (χ3n) is 3.97. The summed E-state index contributed by atoms with van der Waals surface area (Å²) in [5, 5.41) is 13.4. The largest absolute Gasteiger partial charge is 0.504 e. The summed E-state index contributed by atoms with van der Waals surface area (Å²) in [5.74, 6) is 1.15. The zero-order chi connectivity index (χ0) is 18.9. The molecule has 0 fully saturated rings. The molecule has 0 radical (unpaired) electrons. The number of phenols is 1. The molecular weight excluding hydrogens is 460 g/mol. The molecule has 2 aromatic rings. The molecule has 0 saturated carbocycles. The Morgan fingerprint density at radius 1 is 1.22 bits per heavy atom. The fourth-order valence-corrected chi connectivity index (χ4v) is 2.62. The molecule has 0 amide bonds. The predicted octanol–water partition coefficient (Wildman–Crippen LogP) is 3.80. The van der Waals surface area contributed by atoms with Crippen LogP contribution in [-0.2, 0) is 13.0 Å². The number of benzene rings is 2. The van der Waals surface area contributed by atoms with Gasteiger partial charge in [-0.2, -0.15) is 0 Å². The zero-order valence-electron chi connectivity index (χ0n) is 15.9. The highest BCUT2D eigenvalue weighted by Gasteiger charge is 2.09. The van der Waals surface area contributed by atoms with Crippen molar-refractivity contribution in [3.05, 3.63) is 59.4 Å². The molecule has 7 heteroatoms. The lowest BCUT2D eigenvalue weighted by molar-refractivity contribution is 0.370. The summed E-state index contributed by atoms with van der Waals surface area (Å²) >= 11 is 0.